The van der Waals surface area contributed by atoms with Crippen LogP contribution in [0, 0.1) is 18.3 Å². The van der Waals surface area contributed by atoms with E-state index in [-0.39, 0.29) is 23.4 Å². The average Bonchev–Trinajstić information content (AvgIpc) is 3.18. The van der Waals surface area contributed by atoms with Crippen molar-refractivity contribution in [2.75, 3.05) is 0 Å². The Bertz CT molecular complexity index is 1350. The maximum absolute atomic E-state index is 13.1. The van der Waals surface area contributed by atoms with Crippen LogP contribution >= 0.6 is 0 Å². The SMILES string of the molecule is CCC(NC(=O)c1ccc2c(c1)c(C)nn2C(=O)c1ccccc1C#N)c1ccccc1. The number of carbonyl (C=O) groups excluding carboxylic acids is 2. The fraction of sp³-hybridized carbons (Fsp3) is 0.154. The third kappa shape index (κ3) is 3.88. The molecule has 158 valence electrons. The van der Waals surface area contributed by atoms with Crippen LogP contribution in [0.3, 0.4) is 0 Å². The summed E-state index contributed by atoms with van der Waals surface area (Å²) in [6, 6.07) is 23.6. The van der Waals surface area contributed by atoms with Crippen LogP contribution in [-0.4, -0.2) is 21.6 Å². The number of benzene rings is 3. The van der Waals surface area contributed by atoms with Crippen molar-refractivity contribution in [2.24, 2.45) is 0 Å². The number of hydrogen-bond acceptors (Lipinski definition) is 4. The average molecular weight is 422 g/mol. The third-order valence-corrected chi connectivity index (χ3v) is 5.51. The van der Waals surface area contributed by atoms with Gasteiger partial charge in [-0.3, -0.25) is 9.59 Å². The lowest BCUT2D eigenvalue weighted by Gasteiger charge is -2.17. The van der Waals surface area contributed by atoms with Crippen LogP contribution in [0.4, 0.5) is 0 Å². The Labute approximate surface area is 186 Å². The predicted octanol–water partition coefficient (Wildman–Crippen LogP) is 4.79. The summed E-state index contributed by atoms with van der Waals surface area (Å²) in [6.07, 6.45) is 0.766. The molecule has 1 aromatic heterocycles. The van der Waals surface area contributed by atoms with E-state index in [1.165, 1.54) is 4.68 Å². The Morgan fingerprint density at radius 2 is 1.78 bits per heavy atom. The highest BCUT2D eigenvalue weighted by Crippen LogP contribution is 2.23. The molecule has 1 atom stereocenters. The summed E-state index contributed by atoms with van der Waals surface area (Å²) in [5, 5.41) is 17.5. The molecule has 1 N–H and O–H groups in total. The van der Waals surface area contributed by atoms with Crippen molar-refractivity contribution in [1.82, 2.24) is 15.1 Å². The van der Waals surface area contributed by atoms with E-state index >= 15 is 0 Å². The van der Waals surface area contributed by atoms with Crippen LogP contribution in [0.25, 0.3) is 10.9 Å². The van der Waals surface area contributed by atoms with Crippen LogP contribution in [0.1, 0.15) is 56.9 Å². The molecule has 1 unspecified atom stereocenters. The lowest BCUT2D eigenvalue weighted by atomic mass is 10.0. The summed E-state index contributed by atoms with van der Waals surface area (Å²) >= 11 is 0. The number of carbonyl (C=O) groups is 2. The molecule has 0 aliphatic carbocycles. The molecule has 1 heterocycles. The van der Waals surface area contributed by atoms with Gasteiger partial charge in [-0.25, -0.2) is 0 Å². The van der Waals surface area contributed by atoms with Crippen molar-refractivity contribution >= 4 is 22.7 Å². The molecule has 4 aromatic rings. The highest BCUT2D eigenvalue weighted by molar-refractivity contribution is 6.05. The molecule has 32 heavy (non-hydrogen) atoms. The second kappa shape index (κ2) is 8.86. The molecule has 0 saturated heterocycles. The van der Waals surface area contributed by atoms with Gasteiger partial charge in [0, 0.05) is 10.9 Å². The van der Waals surface area contributed by atoms with Crippen molar-refractivity contribution in [2.45, 2.75) is 26.3 Å². The smallest absolute Gasteiger partial charge is 0.280 e. The Morgan fingerprint density at radius 1 is 1.06 bits per heavy atom. The Kier molecular flexibility index (Phi) is 5.82. The molecule has 0 spiro atoms. The number of nitrogens with zero attached hydrogens (tertiary/aromatic N) is 3. The summed E-state index contributed by atoms with van der Waals surface area (Å²) in [4.78, 5) is 26.0. The molecular formula is C26H22N4O2. The fourth-order valence-corrected chi connectivity index (χ4v) is 3.79. The van der Waals surface area contributed by atoms with Gasteiger partial charge in [0.1, 0.15) is 0 Å². The Morgan fingerprint density at radius 3 is 2.50 bits per heavy atom. The standard InChI is InChI=1S/C26H22N4O2/c1-3-23(18-9-5-4-6-10-18)28-25(31)19-13-14-24-22(15-19)17(2)29-30(24)26(32)21-12-8-7-11-20(21)16-27/h4-15,23H,3H2,1-2H3,(H,28,31). The summed E-state index contributed by atoms with van der Waals surface area (Å²) in [5.41, 5.74) is 3.35. The van der Waals surface area contributed by atoms with E-state index in [9.17, 15) is 14.9 Å². The zero-order valence-electron chi connectivity index (χ0n) is 17.9. The number of amides is 1. The van der Waals surface area contributed by atoms with Gasteiger partial charge in [0.25, 0.3) is 11.8 Å². The van der Waals surface area contributed by atoms with Crippen LogP contribution in [0.2, 0.25) is 0 Å². The number of rotatable bonds is 5. The van der Waals surface area contributed by atoms with Crippen molar-refractivity contribution in [3.8, 4) is 6.07 Å². The van der Waals surface area contributed by atoms with Gasteiger partial charge in [-0.2, -0.15) is 15.0 Å². The first-order valence-corrected chi connectivity index (χ1v) is 10.4. The zero-order chi connectivity index (χ0) is 22.7. The number of nitriles is 1. The number of fused-ring (bicyclic) bond motifs is 1. The van der Waals surface area contributed by atoms with Gasteiger partial charge in [-0.15, -0.1) is 0 Å². The van der Waals surface area contributed by atoms with Gasteiger partial charge in [0.05, 0.1) is 34.4 Å². The molecule has 1 amide bonds. The van der Waals surface area contributed by atoms with Gasteiger partial charge in [-0.05, 0) is 49.2 Å². The van der Waals surface area contributed by atoms with E-state index in [1.807, 2.05) is 43.3 Å². The van der Waals surface area contributed by atoms with Gasteiger partial charge >= 0.3 is 0 Å². The van der Waals surface area contributed by atoms with E-state index in [4.69, 9.17) is 0 Å². The third-order valence-electron chi connectivity index (χ3n) is 5.51. The largest absolute Gasteiger partial charge is 0.345 e. The first-order chi connectivity index (χ1) is 15.5. The molecule has 3 aromatic carbocycles. The minimum Gasteiger partial charge on any atom is -0.345 e. The second-order valence-corrected chi connectivity index (χ2v) is 7.54. The Balaban J connectivity index is 1.66. The molecule has 0 bridgehead atoms. The quantitative estimate of drug-likeness (QED) is 0.501. The molecule has 0 fully saturated rings. The fourth-order valence-electron chi connectivity index (χ4n) is 3.79. The molecular weight excluding hydrogens is 400 g/mol. The van der Waals surface area contributed by atoms with Crippen LogP contribution in [-0.2, 0) is 0 Å². The number of aryl methyl sites for hydroxylation is 1. The number of aromatic nitrogens is 2. The van der Waals surface area contributed by atoms with Gasteiger partial charge in [0.15, 0.2) is 0 Å². The molecule has 0 aliphatic rings. The normalized spacial score (nSPS) is 11.7. The monoisotopic (exact) mass is 422 g/mol. The molecule has 4 rings (SSSR count). The molecule has 6 heteroatoms. The molecule has 0 radical (unpaired) electrons. The lowest BCUT2D eigenvalue weighted by Crippen LogP contribution is -2.28. The van der Waals surface area contributed by atoms with Crippen molar-refractivity contribution < 1.29 is 9.59 Å². The Hall–Kier alpha value is -4.24. The summed E-state index contributed by atoms with van der Waals surface area (Å²) in [7, 11) is 0. The molecule has 0 aliphatic heterocycles. The van der Waals surface area contributed by atoms with E-state index in [2.05, 4.69) is 10.4 Å². The number of hydrogen-bond donors (Lipinski definition) is 1. The zero-order valence-corrected chi connectivity index (χ0v) is 17.9. The highest BCUT2D eigenvalue weighted by Gasteiger charge is 2.20. The minimum absolute atomic E-state index is 0.0905. The summed E-state index contributed by atoms with van der Waals surface area (Å²) in [6.45, 7) is 3.82. The van der Waals surface area contributed by atoms with Crippen LogP contribution in [0.5, 0.6) is 0 Å². The van der Waals surface area contributed by atoms with Gasteiger partial charge in [-0.1, -0.05) is 49.4 Å². The van der Waals surface area contributed by atoms with E-state index in [1.54, 1.807) is 49.4 Å². The van der Waals surface area contributed by atoms with Gasteiger partial charge in [0.2, 0.25) is 0 Å². The van der Waals surface area contributed by atoms with Crippen LogP contribution in [0.15, 0.2) is 72.8 Å². The van der Waals surface area contributed by atoms with Gasteiger partial charge < -0.3 is 5.32 Å². The minimum atomic E-state index is -0.382. The lowest BCUT2D eigenvalue weighted by molar-refractivity contribution is 0.0933. The molecule has 6 nitrogen and oxygen atoms in total. The predicted molar refractivity (Wildman–Crippen MR) is 122 cm³/mol. The number of nitrogens with one attached hydrogen (secondary N) is 1. The van der Waals surface area contributed by atoms with E-state index in [0.717, 1.165) is 12.0 Å². The maximum Gasteiger partial charge on any atom is 0.280 e. The first kappa shape index (κ1) is 21.0. The topological polar surface area (TPSA) is 87.8 Å². The van der Waals surface area contributed by atoms with Crippen molar-refractivity contribution in [3.63, 3.8) is 0 Å². The second-order valence-electron chi connectivity index (χ2n) is 7.54. The van der Waals surface area contributed by atoms with Crippen molar-refractivity contribution in [3.05, 3.63) is 101 Å². The van der Waals surface area contributed by atoms with Crippen LogP contribution < -0.4 is 5.32 Å². The van der Waals surface area contributed by atoms with E-state index in [0.29, 0.717) is 27.7 Å². The van der Waals surface area contributed by atoms with E-state index < -0.39 is 0 Å². The summed E-state index contributed by atoms with van der Waals surface area (Å²) < 4.78 is 1.29. The molecule has 0 saturated carbocycles. The maximum atomic E-state index is 13.1. The first-order valence-electron chi connectivity index (χ1n) is 10.4. The highest BCUT2D eigenvalue weighted by atomic mass is 16.2. The van der Waals surface area contributed by atoms with Crippen molar-refractivity contribution in [1.29, 1.82) is 5.26 Å². The summed E-state index contributed by atoms with van der Waals surface area (Å²) in [5.74, 6) is -0.566.